The average molecular weight is 404 g/mol. The van der Waals surface area contributed by atoms with Crippen LogP contribution in [0.3, 0.4) is 0 Å². The average Bonchev–Trinajstić information content (AvgIpc) is 2.72. The van der Waals surface area contributed by atoms with Gasteiger partial charge in [-0.05, 0) is 29.7 Å². The van der Waals surface area contributed by atoms with Gasteiger partial charge in [0.15, 0.2) is 0 Å². The number of hydrogen-bond acceptors (Lipinski definition) is 6. The maximum absolute atomic E-state index is 11.8. The Morgan fingerprint density at radius 3 is 2.50 bits per heavy atom. The molecule has 1 heterocycles. The summed E-state index contributed by atoms with van der Waals surface area (Å²) in [6.45, 7) is 4.10. The fraction of sp³-hybridized carbons (Fsp3) is 0.182. The zero-order valence-corrected chi connectivity index (χ0v) is 16.8. The predicted octanol–water partition coefficient (Wildman–Crippen LogP) is 3.49. The first kappa shape index (κ1) is 20.8. The van der Waals surface area contributed by atoms with E-state index < -0.39 is 5.91 Å². The topological polar surface area (TPSA) is 122 Å². The van der Waals surface area contributed by atoms with E-state index in [4.69, 9.17) is 5.73 Å². The number of primary amides is 1. The van der Waals surface area contributed by atoms with Gasteiger partial charge in [0.1, 0.15) is 5.82 Å². The van der Waals surface area contributed by atoms with Crippen LogP contribution in [0.1, 0.15) is 35.7 Å². The molecule has 8 nitrogen and oxygen atoms in total. The zero-order valence-electron chi connectivity index (χ0n) is 16.8. The molecule has 8 heteroatoms. The second kappa shape index (κ2) is 9.51. The van der Waals surface area contributed by atoms with Gasteiger partial charge in [0.05, 0.1) is 5.56 Å². The van der Waals surface area contributed by atoms with Gasteiger partial charge < -0.3 is 21.7 Å². The van der Waals surface area contributed by atoms with Crippen molar-refractivity contribution < 1.29 is 9.59 Å². The lowest BCUT2D eigenvalue weighted by Gasteiger charge is -2.16. The number of aromatic nitrogens is 2. The molecule has 0 aliphatic rings. The van der Waals surface area contributed by atoms with E-state index in [2.05, 4.69) is 45.0 Å². The number of carbonyl (C=O) groups is 2. The Labute approximate surface area is 174 Å². The summed E-state index contributed by atoms with van der Waals surface area (Å²) < 4.78 is 0. The molecular formula is C22H24N6O2. The monoisotopic (exact) mass is 404 g/mol. The van der Waals surface area contributed by atoms with Gasteiger partial charge in [0.25, 0.3) is 5.91 Å². The van der Waals surface area contributed by atoms with Crippen molar-refractivity contribution in [1.82, 2.24) is 9.97 Å². The zero-order chi connectivity index (χ0) is 21.5. The molecule has 0 aliphatic heterocycles. The first-order valence-corrected chi connectivity index (χ1v) is 9.52. The Hall–Kier alpha value is -3.94. The maximum atomic E-state index is 11.8. The van der Waals surface area contributed by atoms with Gasteiger partial charge in [0.2, 0.25) is 11.9 Å². The third-order valence-electron chi connectivity index (χ3n) is 4.44. The van der Waals surface area contributed by atoms with Gasteiger partial charge in [-0.3, -0.25) is 9.59 Å². The number of nitrogens with two attached hydrogens (primary N) is 1. The second-order valence-electron chi connectivity index (χ2n) is 6.90. The standard InChI is InChI=1S/C22H24N6O2/c1-14(16-7-4-3-5-8-16)12-24-21-19(20(23)30)13-25-22(28-21)27-18-10-6-9-17(11-18)26-15(2)29/h3-11,13-14H,12H2,1-2H3,(H2,23,30)(H,26,29)(H2,24,25,27,28)/t14-/m0/s1. The van der Waals surface area contributed by atoms with Crippen LogP contribution in [0.15, 0.2) is 60.8 Å². The van der Waals surface area contributed by atoms with Gasteiger partial charge in [0, 0.05) is 31.0 Å². The number of hydrogen-bond donors (Lipinski definition) is 4. The lowest BCUT2D eigenvalue weighted by Crippen LogP contribution is -2.19. The molecule has 154 valence electrons. The fourth-order valence-corrected chi connectivity index (χ4v) is 2.91. The van der Waals surface area contributed by atoms with Crippen molar-refractivity contribution in [2.24, 2.45) is 5.73 Å². The largest absolute Gasteiger partial charge is 0.369 e. The first-order valence-electron chi connectivity index (χ1n) is 9.52. The third kappa shape index (κ3) is 5.54. The Balaban J connectivity index is 1.77. The van der Waals surface area contributed by atoms with Crippen molar-refractivity contribution in [3.63, 3.8) is 0 Å². The number of benzene rings is 2. The van der Waals surface area contributed by atoms with Crippen LogP contribution in [0.4, 0.5) is 23.1 Å². The molecule has 0 saturated carbocycles. The molecule has 3 aromatic rings. The summed E-state index contributed by atoms with van der Waals surface area (Å²) in [6.07, 6.45) is 1.39. The summed E-state index contributed by atoms with van der Waals surface area (Å²) in [5.74, 6) is 0.0978. The maximum Gasteiger partial charge on any atom is 0.254 e. The molecule has 5 N–H and O–H groups in total. The summed E-state index contributed by atoms with van der Waals surface area (Å²) >= 11 is 0. The number of nitrogens with zero attached hydrogens (tertiary/aromatic N) is 2. The lowest BCUT2D eigenvalue weighted by atomic mass is 10.0. The highest BCUT2D eigenvalue weighted by molar-refractivity contribution is 5.97. The van der Waals surface area contributed by atoms with E-state index in [-0.39, 0.29) is 17.4 Å². The smallest absolute Gasteiger partial charge is 0.254 e. The minimum absolute atomic E-state index is 0.159. The molecule has 2 amide bonds. The lowest BCUT2D eigenvalue weighted by molar-refractivity contribution is -0.114. The molecule has 0 radical (unpaired) electrons. The van der Waals surface area contributed by atoms with Crippen LogP contribution in [0.25, 0.3) is 0 Å². The van der Waals surface area contributed by atoms with E-state index >= 15 is 0 Å². The van der Waals surface area contributed by atoms with Crippen LogP contribution in [-0.4, -0.2) is 28.3 Å². The van der Waals surface area contributed by atoms with E-state index in [1.165, 1.54) is 18.7 Å². The quantitative estimate of drug-likeness (QED) is 0.456. The highest BCUT2D eigenvalue weighted by Crippen LogP contribution is 2.21. The summed E-state index contributed by atoms with van der Waals surface area (Å²) in [4.78, 5) is 31.7. The Kier molecular flexibility index (Phi) is 6.59. The Morgan fingerprint density at radius 1 is 1.07 bits per heavy atom. The van der Waals surface area contributed by atoms with Crippen molar-refractivity contribution in [3.05, 3.63) is 71.9 Å². The first-order chi connectivity index (χ1) is 14.4. The molecule has 0 aliphatic carbocycles. The van der Waals surface area contributed by atoms with Crippen LogP contribution in [0.5, 0.6) is 0 Å². The van der Waals surface area contributed by atoms with E-state index in [9.17, 15) is 9.59 Å². The number of anilines is 4. The Bertz CT molecular complexity index is 1040. The van der Waals surface area contributed by atoms with Crippen molar-refractivity contribution in [2.45, 2.75) is 19.8 Å². The molecule has 0 unspecified atom stereocenters. The van der Waals surface area contributed by atoms with Gasteiger partial charge >= 0.3 is 0 Å². The van der Waals surface area contributed by atoms with Gasteiger partial charge in [-0.15, -0.1) is 0 Å². The molecule has 30 heavy (non-hydrogen) atoms. The van der Waals surface area contributed by atoms with Crippen molar-refractivity contribution >= 4 is 35.0 Å². The van der Waals surface area contributed by atoms with Gasteiger partial charge in [-0.2, -0.15) is 4.98 Å². The van der Waals surface area contributed by atoms with E-state index in [0.29, 0.717) is 29.7 Å². The number of rotatable bonds is 8. The summed E-state index contributed by atoms with van der Waals surface area (Å²) in [6, 6.07) is 17.2. The minimum Gasteiger partial charge on any atom is -0.369 e. The highest BCUT2D eigenvalue weighted by Gasteiger charge is 2.14. The van der Waals surface area contributed by atoms with Gasteiger partial charge in [-0.25, -0.2) is 4.98 Å². The fourth-order valence-electron chi connectivity index (χ4n) is 2.91. The number of nitrogens with one attached hydrogen (secondary N) is 3. The molecule has 1 aromatic heterocycles. The van der Waals surface area contributed by atoms with Crippen molar-refractivity contribution in [1.29, 1.82) is 0 Å². The minimum atomic E-state index is -0.607. The SMILES string of the molecule is CC(=O)Nc1cccc(Nc2ncc(C(N)=O)c(NC[C@H](C)c3ccccc3)n2)c1. The molecule has 0 spiro atoms. The summed E-state index contributed by atoms with van der Waals surface area (Å²) in [5.41, 5.74) is 8.21. The second-order valence-corrected chi connectivity index (χ2v) is 6.90. The summed E-state index contributed by atoms with van der Waals surface area (Å²) in [7, 11) is 0. The number of carbonyl (C=O) groups excluding carboxylic acids is 2. The molecule has 0 bridgehead atoms. The van der Waals surface area contributed by atoms with Crippen LogP contribution in [0, 0.1) is 0 Å². The van der Waals surface area contributed by atoms with E-state index in [1.807, 2.05) is 24.3 Å². The predicted molar refractivity (Wildman–Crippen MR) is 118 cm³/mol. The normalized spacial score (nSPS) is 11.4. The molecular weight excluding hydrogens is 380 g/mol. The Morgan fingerprint density at radius 2 is 1.80 bits per heavy atom. The van der Waals surface area contributed by atoms with Crippen LogP contribution in [-0.2, 0) is 4.79 Å². The van der Waals surface area contributed by atoms with E-state index in [0.717, 1.165) is 0 Å². The van der Waals surface area contributed by atoms with Crippen LogP contribution in [0.2, 0.25) is 0 Å². The van der Waals surface area contributed by atoms with Gasteiger partial charge in [-0.1, -0.05) is 43.3 Å². The molecule has 0 fully saturated rings. The van der Waals surface area contributed by atoms with Crippen LogP contribution >= 0.6 is 0 Å². The van der Waals surface area contributed by atoms with E-state index in [1.54, 1.807) is 18.2 Å². The third-order valence-corrected chi connectivity index (χ3v) is 4.44. The molecule has 1 atom stereocenters. The van der Waals surface area contributed by atoms with Crippen molar-refractivity contribution in [3.8, 4) is 0 Å². The molecule has 3 rings (SSSR count). The highest BCUT2D eigenvalue weighted by atomic mass is 16.1. The van der Waals surface area contributed by atoms with Crippen LogP contribution < -0.4 is 21.7 Å². The molecule has 0 saturated heterocycles. The van der Waals surface area contributed by atoms with Crippen molar-refractivity contribution in [2.75, 3.05) is 22.5 Å². The number of amides is 2. The summed E-state index contributed by atoms with van der Waals surface area (Å²) in [5, 5.41) is 9.01. The molecule has 2 aromatic carbocycles.